The molecule has 1 aliphatic rings. The standard InChI is InChI=1S/C16H24BrNO2S/c1-2-5-14-7-9-16(10-8-14)21(19,20)18-13-4-3-6-15(18)11-12-17/h7-10,15H,2-6,11-13H2,1H3. The molecule has 1 unspecified atom stereocenters. The minimum atomic E-state index is -3.35. The summed E-state index contributed by atoms with van der Waals surface area (Å²) in [5.41, 5.74) is 1.20. The second-order valence-electron chi connectivity index (χ2n) is 5.64. The quantitative estimate of drug-likeness (QED) is 0.707. The number of piperidine rings is 1. The van der Waals surface area contributed by atoms with Gasteiger partial charge in [-0.15, -0.1) is 0 Å². The van der Waals surface area contributed by atoms with E-state index in [1.165, 1.54) is 5.56 Å². The van der Waals surface area contributed by atoms with Crippen LogP contribution in [0.1, 0.15) is 44.6 Å². The second kappa shape index (κ2) is 7.75. The van der Waals surface area contributed by atoms with E-state index >= 15 is 0 Å². The number of hydrogen-bond acceptors (Lipinski definition) is 2. The highest BCUT2D eigenvalue weighted by atomic mass is 79.9. The van der Waals surface area contributed by atoms with Gasteiger partial charge in [0, 0.05) is 17.9 Å². The first-order chi connectivity index (χ1) is 10.1. The Bertz CT molecular complexity index is 540. The summed E-state index contributed by atoms with van der Waals surface area (Å²) in [5, 5.41) is 0.846. The van der Waals surface area contributed by atoms with E-state index in [1.54, 1.807) is 16.4 Å². The van der Waals surface area contributed by atoms with Crippen LogP contribution in [0.4, 0.5) is 0 Å². The molecule has 5 heteroatoms. The van der Waals surface area contributed by atoms with Crippen molar-refractivity contribution in [3.63, 3.8) is 0 Å². The molecule has 0 radical (unpaired) electrons. The van der Waals surface area contributed by atoms with Crippen molar-refractivity contribution in [2.24, 2.45) is 0 Å². The number of hydrogen-bond donors (Lipinski definition) is 0. The van der Waals surface area contributed by atoms with Crippen molar-refractivity contribution < 1.29 is 8.42 Å². The Labute approximate surface area is 136 Å². The number of aryl methyl sites for hydroxylation is 1. The van der Waals surface area contributed by atoms with Crippen molar-refractivity contribution in [1.82, 2.24) is 4.31 Å². The minimum Gasteiger partial charge on any atom is -0.207 e. The van der Waals surface area contributed by atoms with Crippen LogP contribution in [0.15, 0.2) is 29.2 Å². The molecule has 0 saturated carbocycles. The van der Waals surface area contributed by atoms with Crippen molar-refractivity contribution in [1.29, 1.82) is 0 Å². The van der Waals surface area contributed by atoms with Crippen LogP contribution in [0.5, 0.6) is 0 Å². The molecule has 0 aliphatic carbocycles. The maximum atomic E-state index is 12.9. The zero-order chi connectivity index (χ0) is 15.3. The monoisotopic (exact) mass is 373 g/mol. The summed E-state index contributed by atoms with van der Waals surface area (Å²) in [7, 11) is -3.35. The van der Waals surface area contributed by atoms with E-state index in [9.17, 15) is 8.42 Å². The lowest BCUT2D eigenvalue weighted by molar-refractivity contribution is 0.248. The van der Waals surface area contributed by atoms with Crippen LogP contribution in [-0.2, 0) is 16.4 Å². The van der Waals surface area contributed by atoms with E-state index in [4.69, 9.17) is 0 Å². The maximum Gasteiger partial charge on any atom is 0.243 e. The summed E-state index contributed by atoms with van der Waals surface area (Å²) < 4.78 is 27.4. The average Bonchev–Trinajstić information content (AvgIpc) is 2.49. The molecule has 1 atom stereocenters. The van der Waals surface area contributed by atoms with Crippen LogP contribution in [-0.4, -0.2) is 30.6 Å². The van der Waals surface area contributed by atoms with Gasteiger partial charge in [0.2, 0.25) is 10.0 Å². The summed E-state index contributed by atoms with van der Waals surface area (Å²) in [5.74, 6) is 0. The molecule has 1 heterocycles. The lowest BCUT2D eigenvalue weighted by Gasteiger charge is -2.34. The first kappa shape index (κ1) is 17.0. The van der Waals surface area contributed by atoms with Crippen molar-refractivity contribution >= 4 is 26.0 Å². The molecule has 1 aromatic carbocycles. The second-order valence-corrected chi connectivity index (χ2v) is 8.32. The van der Waals surface area contributed by atoms with Gasteiger partial charge in [0.25, 0.3) is 0 Å². The van der Waals surface area contributed by atoms with Gasteiger partial charge < -0.3 is 0 Å². The molecule has 1 saturated heterocycles. The molecule has 118 valence electrons. The van der Waals surface area contributed by atoms with Crippen LogP contribution < -0.4 is 0 Å². The summed E-state index contributed by atoms with van der Waals surface area (Å²) in [6.45, 7) is 2.78. The van der Waals surface area contributed by atoms with Crippen molar-refractivity contribution in [3.8, 4) is 0 Å². The number of alkyl halides is 1. The molecule has 2 rings (SSSR count). The molecular formula is C16H24BrNO2S. The molecule has 0 aromatic heterocycles. The number of nitrogens with zero attached hydrogens (tertiary/aromatic N) is 1. The summed E-state index contributed by atoms with van der Waals surface area (Å²) >= 11 is 3.44. The van der Waals surface area contributed by atoms with Gasteiger partial charge in [0.05, 0.1) is 4.90 Å². The first-order valence-electron chi connectivity index (χ1n) is 7.76. The number of halogens is 1. The third kappa shape index (κ3) is 4.08. The van der Waals surface area contributed by atoms with Gasteiger partial charge in [0.15, 0.2) is 0 Å². The lowest BCUT2D eigenvalue weighted by Crippen LogP contribution is -2.43. The topological polar surface area (TPSA) is 37.4 Å². The van der Waals surface area contributed by atoms with E-state index in [0.29, 0.717) is 11.4 Å². The van der Waals surface area contributed by atoms with E-state index < -0.39 is 10.0 Å². The fourth-order valence-corrected chi connectivity index (χ4v) is 5.21. The third-order valence-electron chi connectivity index (χ3n) is 4.08. The molecule has 0 spiro atoms. The van der Waals surface area contributed by atoms with Crippen LogP contribution in [0.25, 0.3) is 0 Å². The Balaban J connectivity index is 2.22. The zero-order valence-corrected chi connectivity index (χ0v) is 15.0. The van der Waals surface area contributed by atoms with Crippen LogP contribution >= 0.6 is 15.9 Å². The van der Waals surface area contributed by atoms with E-state index in [-0.39, 0.29) is 6.04 Å². The molecule has 3 nitrogen and oxygen atoms in total. The van der Waals surface area contributed by atoms with Gasteiger partial charge >= 0.3 is 0 Å². The molecule has 1 fully saturated rings. The molecule has 0 amide bonds. The van der Waals surface area contributed by atoms with E-state index in [2.05, 4.69) is 22.9 Å². The molecule has 1 aliphatic heterocycles. The lowest BCUT2D eigenvalue weighted by atomic mass is 10.0. The fraction of sp³-hybridized carbons (Fsp3) is 0.625. The normalized spacial score (nSPS) is 20.6. The van der Waals surface area contributed by atoms with Crippen molar-refractivity contribution in [2.45, 2.75) is 56.4 Å². The average molecular weight is 374 g/mol. The van der Waals surface area contributed by atoms with Crippen LogP contribution in [0, 0.1) is 0 Å². The smallest absolute Gasteiger partial charge is 0.207 e. The first-order valence-corrected chi connectivity index (χ1v) is 10.3. The summed E-state index contributed by atoms with van der Waals surface area (Å²) in [4.78, 5) is 0.434. The number of rotatable bonds is 6. The zero-order valence-electron chi connectivity index (χ0n) is 12.6. The SMILES string of the molecule is CCCc1ccc(S(=O)(=O)N2CCCCC2CCBr)cc1. The third-order valence-corrected chi connectivity index (χ3v) is 6.51. The Morgan fingerprint density at radius 2 is 1.95 bits per heavy atom. The molecule has 21 heavy (non-hydrogen) atoms. The minimum absolute atomic E-state index is 0.137. The Morgan fingerprint density at radius 1 is 1.24 bits per heavy atom. The molecular weight excluding hydrogens is 350 g/mol. The summed E-state index contributed by atoms with van der Waals surface area (Å²) in [6, 6.07) is 7.55. The van der Waals surface area contributed by atoms with Crippen molar-refractivity contribution in [3.05, 3.63) is 29.8 Å². The highest BCUT2D eigenvalue weighted by Gasteiger charge is 2.32. The fourth-order valence-electron chi connectivity index (χ4n) is 2.96. The van der Waals surface area contributed by atoms with E-state index in [0.717, 1.165) is 43.9 Å². The number of sulfonamides is 1. The van der Waals surface area contributed by atoms with Crippen LogP contribution in [0.2, 0.25) is 0 Å². The van der Waals surface area contributed by atoms with Gasteiger partial charge in [0.1, 0.15) is 0 Å². The predicted molar refractivity (Wildman–Crippen MR) is 90.4 cm³/mol. The molecule has 0 bridgehead atoms. The van der Waals surface area contributed by atoms with Crippen LogP contribution in [0.3, 0.4) is 0 Å². The maximum absolute atomic E-state index is 12.9. The Kier molecular flexibility index (Phi) is 6.26. The molecule has 1 aromatic rings. The van der Waals surface area contributed by atoms with E-state index in [1.807, 2.05) is 12.1 Å². The highest BCUT2D eigenvalue weighted by Crippen LogP contribution is 2.27. The van der Waals surface area contributed by atoms with Gasteiger partial charge in [-0.25, -0.2) is 8.42 Å². The number of benzene rings is 1. The predicted octanol–water partition coefficient (Wildman–Crippen LogP) is 3.97. The van der Waals surface area contributed by atoms with Crippen molar-refractivity contribution in [2.75, 3.05) is 11.9 Å². The van der Waals surface area contributed by atoms with Gasteiger partial charge in [-0.2, -0.15) is 4.31 Å². The highest BCUT2D eigenvalue weighted by molar-refractivity contribution is 9.09. The molecule has 0 N–H and O–H groups in total. The Hall–Kier alpha value is -0.390. The van der Waals surface area contributed by atoms with Gasteiger partial charge in [-0.05, 0) is 43.4 Å². The van der Waals surface area contributed by atoms with Gasteiger partial charge in [-0.3, -0.25) is 0 Å². The largest absolute Gasteiger partial charge is 0.243 e. The Morgan fingerprint density at radius 3 is 2.57 bits per heavy atom. The van der Waals surface area contributed by atoms with Gasteiger partial charge in [-0.1, -0.05) is 47.8 Å². The summed E-state index contributed by atoms with van der Waals surface area (Å²) in [6.07, 6.45) is 6.01.